The third-order valence-electron chi connectivity index (χ3n) is 6.67. The number of benzene rings is 2. The van der Waals surface area contributed by atoms with Crippen LogP contribution in [0.25, 0.3) is 10.9 Å². The van der Waals surface area contributed by atoms with Crippen molar-refractivity contribution >= 4 is 22.7 Å². The second-order valence-electron chi connectivity index (χ2n) is 9.27. The van der Waals surface area contributed by atoms with Crippen molar-refractivity contribution in [3.8, 4) is 0 Å². The quantitative estimate of drug-likeness (QED) is 0.369. The summed E-state index contributed by atoms with van der Waals surface area (Å²) in [5.41, 5.74) is 0.572. The van der Waals surface area contributed by atoms with Crippen molar-refractivity contribution in [3.63, 3.8) is 0 Å². The molecule has 14 heteroatoms. The Bertz CT molecular complexity index is 1390. The first-order chi connectivity index (χ1) is 18.7. The Kier molecular flexibility index (Phi) is 8.38. The molecule has 2 amide bonds. The zero-order valence-corrected chi connectivity index (χ0v) is 20.7. The molecule has 1 aliphatic heterocycles. The minimum Gasteiger partial charge on any atom is -0.344 e. The Morgan fingerprint density at radius 1 is 0.975 bits per heavy atom. The van der Waals surface area contributed by atoms with E-state index in [1.807, 2.05) is 0 Å². The summed E-state index contributed by atoms with van der Waals surface area (Å²) in [6.07, 6.45) is -8.00. The molecule has 3 aromatic rings. The summed E-state index contributed by atoms with van der Waals surface area (Å²) < 4.78 is 109. The van der Waals surface area contributed by atoms with Crippen molar-refractivity contribution < 1.29 is 49.4 Å². The summed E-state index contributed by atoms with van der Waals surface area (Å²) in [6, 6.07) is 7.74. The van der Waals surface area contributed by atoms with E-state index < -0.39 is 49.1 Å². The lowest BCUT2D eigenvalue weighted by atomic mass is 9.88. The van der Waals surface area contributed by atoms with Gasteiger partial charge in [-0.25, -0.2) is 8.78 Å². The second kappa shape index (κ2) is 11.4. The zero-order chi connectivity index (χ0) is 29.2. The van der Waals surface area contributed by atoms with Crippen molar-refractivity contribution in [2.45, 2.75) is 44.4 Å². The number of fused-ring (bicyclic) bond motifs is 1. The van der Waals surface area contributed by atoms with E-state index in [1.54, 1.807) is 5.32 Å². The van der Waals surface area contributed by atoms with E-state index in [4.69, 9.17) is 0 Å². The summed E-state index contributed by atoms with van der Waals surface area (Å²) in [4.78, 5) is 25.9. The number of nitrogens with one attached hydrogen (secondary N) is 1. The third kappa shape index (κ3) is 6.72. The Morgan fingerprint density at radius 2 is 1.68 bits per heavy atom. The Hall–Kier alpha value is -3.68. The summed E-state index contributed by atoms with van der Waals surface area (Å²) in [5.74, 6) is -4.24. The molecule has 0 bridgehead atoms. The van der Waals surface area contributed by atoms with Crippen LogP contribution in [0.2, 0.25) is 0 Å². The van der Waals surface area contributed by atoms with Gasteiger partial charge in [0.25, 0.3) is 5.91 Å². The Labute approximate surface area is 222 Å². The molecule has 40 heavy (non-hydrogen) atoms. The van der Waals surface area contributed by atoms with Gasteiger partial charge in [-0.1, -0.05) is 24.3 Å². The minimum atomic E-state index is -5.04. The lowest BCUT2D eigenvalue weighted by Gasteiger charge is -2.32. The summed E-state index contributed by atoms with van der Waals surface area (Å²) in [5, 5.41) is 1.96. The van der Waals surface area contributed by atoms with Gasteiger partial charge in [-0.15, -0.1) is 13.2 Å². The molecule has 6 nitrogen and oxygen atoms in total. The molecule has 0 atom stereocenters. The smallest absolute Gasteiger partial charge is 0.344 e. The summed E-state index contributed by atoms with van der Waals surface area (Å²) in [6.45, 7) is -1.23. The van der Waals surface area contributed by atoms with E-state index in [0.717, 1.165) is 12.1 Å². The third-order valence-corrected chi connectivity index (χ3v) is 6.67. The van der Waals surface area contributed by atoms with Crippen LogP contribution in [0.3, 0.4) is 0 Å². The number of carbonyl (C=O) groups is 2. The van der Waals surface area contributed by atoms with Crippen LogP contribution in [0.1, 0.15) is 40.2 Å². The molecule has 4 rings (SSSR count). The molecule has 2 aromatic carbocycles. The molecule has 1 N–H and O–H groups in total. The highest BCUT2D eigenvalue weighted by Gasteiger charge is 2.38. The van der Waals surface area contributed by atoms with Gasteiger partial charge in [0.1, 0.15) is 11.6 Å². The number of ether oxygens (including phenoxy) is 1. The van der Waals surface area contributed by atoms with Crippen LogP contribution in [0.4, 0.5) is 35.1 Å². The minimum absolute atomic E-state index is 0.0389. The molecule has 0 saturated carbocycles. The average molecular weight is 577 g/mol. The monoisotopic (exact) mass is 577 g/mol. The highest BCUT2D eigenvalue weighted by Crippen LogP contribution is 2.33. The van der Waals surface area contributed by atoms with Gasteiger partial charge < -0.3 is 14.8 Å². The molecule has 1 aromatic heterocycles. The summed E-state index contributed by atoms with van der Waals surface area (Å²) >= 11 is 0. The molecule has 0 unspecified atom stereocenters. The number of amides is 2. The van der Waals surface area contributed by atoms with Gasteiger partial charge in [0, 0.05) is 37.8 Å². The Balaban J connectivity index is 1.45. The largest absolute Gasteiger partial charge is 0.522 e. The second-order valence-corrected chi connectivity index (χ2v) is 9.27. The molecule has 2 heterocycles. The van der Waals surface area contributed by atoms with Crippen LogP contribution >= 0.6 is 0 Å². The predicted molar refractivity (Wildman–Crippen MR) is 126 cm³/mol. The fraction of sp³-hybridized carbons (Fsp3) is 0.385. The van der Waals surface area contributed by atoms with Crippen LogP contribution in [0, 0.1) is 11.6 Å². The van der Waals surface area contributed by atoms with Crippen molar-refractivity contribution in [3.05, 3.63) is 70.9 Å². The number of likely N-dealkylation sites (tertiary alicyclic amines) is 1. The maximum absolute atomic E-state index is 14.6. The van der Waals surface area contributed by atoms with Gasteiger partial charge in [0.2, 0.25) is 0 Å². The topological polar surface area (TPSA) is 63.6 Å². The number of rotatable bonds is 7. The van der Waals surface area contributed by atoms with E-state index >= 15 is 0 Å². The molecule has 216 valence electrons. The lowest BCUT2D eigenvalue weighted by Crippen LogP contribution is -2.38. The Morgan fingerprint density at radius 3 is 2.33 bits per heavy atom. The van der Waals surface area contributed by atoms with E-state index in [2.05, 4.69) is 4.74 Å². The van der Waals surface area contributed by atoms with Crippen LogP contribution in [-0.2, 0) is 22.6 Å². The number of aromatic nitrogens is 1. The number of carbonyl (C=O) groups excluding carboxylic acids is 2. The van der Waals surface area contributed by atoms with Crippen molar-refractivity contribution in [1.29, 1.82) is 0 Å². The van der Waals surface area contributed by atoms with Crippen molar-refractivity contribution in [1.82, 2.24) is 14.8 Å². The van der Waals surface area contributed by atoms with Crippen molar-refractivity contribution in [2.75, 3.05) is 19.7 Å². The number of hydrogen-bond acceptors (Lipinski definition) is 3. The highest BCUT2D eigenvalue weighted by molar-refractivity contribution is 6.07. The molecule has 0 spiro atoms. The molecule has 1 aliphatic rings. The van der Waals surface area contributed by atoms with Crippen molar-refractivity contribution in [2.24, 2.45) is 0 Å². The fourth-order valence-corrected chi connectivity index (χ4v) is 4.78. The van der Waals surface area contributed by atoms with E-state index in [0.29, 0.717) is 12.8 Å². The molecule has 1 fully saturated rings. The number of hydrogen-bond donors (Lipinski definition) is 1. The maximum Gasteiger partial charge on any atom is 0.522 e. The first kappa shape index (κ1) is 29.3. The highest BCUT2D eigenvalue weighted by atomic mass is 19.4. The molecule has 0 aliphatic carbocycles. The van der Waals surface area contributed by atoms with E-state index in [1.165, 1.54) is 39.9 Å². The van der Waals surface area contributed by atoms with Gasteiger partial charge in [0.05, 0.1) is 17.7 Å². The molecular weight excluding hydrogens is 554 g/mol. The van der Waals surface area contributed by atoms with Gasteiger partial charge in [-0.3, -0.25) is 14.3 Å². The SMILES string of the molecule is O=C(c1cn(CCOC(F)(F)F)c2c(F)cccc12)N1CCC(c2cc(CNC(=O)C(F)(F)F)ccc2F)CC1. The number of alkyl halides is 6. The molecule has 0 radical (unpaired) electrons. The van der Waals surface area contributed by atoms with E-state index in [-0.39, 0.29) is 53.1 Å². The van der Waals surface area contributed by atoms with Gasteiger partial charge in [0.15, 0.2) is 0 Å². The van der Waals surface area contributed by atoms with Crippen LogP contribution < -0.4 is 5.32 Å². The van der Waals surface area contributed by atoms with Crippen LogP contribution in [0.15, 0.2) is 42.6 Å². The normalized spacial score (nSPS) is 15.1. The van der Waals surface area contributed by atoms with Gasteiger partial charge in [-0.05, 0) is 42.0 Å². The summed E-state index contributed by atoms with van der Waals surface area (Å²) in [7, 11) is 0. The first-order valence-corrected chi connectivity index (χ1v) is 12.2. The molecular formula is C26H23F8N3O3. The lowest BCUT2D eigenvalue weighted by molar-refractivity contribution is -0.325. The molecule has 1 saturated heterocycles. The predicted octanol–water partition coefficient (Wildman–Crippen LogP) is 5.65. The number of nitrogens with zero attached hydrogens (tertiary/aromatic N) is 2. The van der Waals surface area contributed by atoms with Gasteiger partial charge in [-0.2, -0.15) is 13.2 Å². The first-order valence-electron chi connectivity index (χ1n) is 12.2. The van der Waals surface area contributed by atoms with Gasteiger partial charge >= 0.3 is 18.4 Å². The van der Waals surface area contributed by atoms with Crippen LogP contribution in [-0.4, -0.2) is 53.5 Å². The zero-order valence-electron chi connectivity index (χ0n) is 20.7. The van der Waals surface area contributed by atoms with E-state index in [9.17, 15) is 44.7 Å². The van der Waals surface area contributed by atoms with Crippen LogP contribution in [0.5, 0.6) is 0 Å². The fourth-order valence-electron chi connectivity index (χ4n) is 4.78. The number of piperidine rings is 1. The number of halogens is 8. The maximum atomic E-state index is 14.6. The number of para-hydroxylation sites is 1. The standard InChI is InChI=1S/C26H23F8N3O3/c27-20-5-4-15(13-35-24(39)25(29,30)31)12-18(20)16-6-8-36(9-7-16)23(38)19-14-37(10-11-40-26(32,33)34)22-17(19)2-1-3-21(22)28/h1-5,12,14,16H,6-11,13H2,(H,35,39). The average Bonchev–Trinajstić information content (AvgIpc) is 3.26.